The maximum Gasteiger partial charge on any atom is 0.317 e. The zero-order chi connectivity index (χ0) is 30.4. The van der Waals surface area contributed by atoms with Crippen molar-refractivity contribution < 1.29 is 27.9 Å². The zero-order valence-electron chi connectivity index (χ0n) is 24.4. The van der Waals surface area contributed by atoms with E-state index >= 15 is 0 Å². The number of hydrogen-bond acceptors (Lipinski definition) is 6. The van der Waals surface area contributed by atoms with E-state index in [0.717, 1.165) is 25.7 Å². The summed E-state index contributed by atoms with van der Waals surface area (Å²) < 4.78 is 35.0. The number of amides is 3. The van der Waals surface area contributed by atoms with E-state index in [1.54, 1.807) is 42.0 Å². The summed E-state index contributed by atoms with van der Waals surface area (Å²) in [7, 11) is -2.18. The van der Waals surface area contributed by atoms with Gasteiger partial charge in [0.25, 0.3) is 10.0 Å². The second-order valence-electron chi connectivity index (χ2n) is 11.4. The molecule has 2 aromatic rings. The van der Waals surface area contributed by atoms with E-state index < -0.39 is 22.2 Å². The molecule has 3 N–H and O–H groups in total. The van der Waals surface area contributed by atoms with Crippen molar-refractivity contribution in [2.45, 2.75) is 75.5 Å². The summed E-state index contributed by atoms with van der Waals surface area (Å²) in [5.74, 6) is 0.0474. The highest BCUT2D eigenvalue weighted by Gasteiger charge is 2.32. The van der Waals surface area contributed by atoms with Crippen molar-refractivity contribution in [3.8, 4) is 5.75 Å². The van der Waals surface area contributed by atoms with Gasteiger partial charge < -0.3 is 25.0 Å². The molecule has 0 spiro atoms. The molecular weight excluding hydrogens is 580 g/mol. The van der Waals surface area contributed by atoms with Crippen LogP contribution in [0.25, 0.3) is 0 Å². The molecule has 0 bridgehead atoms. The molecule has 1 aliphatic heterocycles. The summed E-state index contributed by atoms with van der Waals surface area (Å²) in [5, 5.41) is 13.4. The molecule has 230 valence electrons. The lowest BCUT2D eigenvalue weighted by Gasteiger charge is -2.34. The number of sulfonamides is 1. The number of ether oxygens (including phenoxy) is 1. The Morgan fingerprint density at radius 3 is 2.52 bits per heavy atom. The molecular formula is C30H41ClN4O6S. The number of carbonyl (C=O) groups is 2. The number of rotatable bonds is 8. The van der Waals surface area contributed by atoms with Gasteiger partial charge in [-0.2, -0.15) is 0 Å². The summed E-state index contributed by atoms with van der Waals surface area (Å²) in [5.41, 5.74) is 0.773. The average Bonchev–Trinajstić information content (AvgIpc) is 3.00. The van der Waals surface area contributed by atoms with E-state index in [1.165, 1.54) is 30.7 Å². The predicted molar refractivity (Wildman–Crippen MR) is 162 cm³/mol. The Labute approximate surface area is 253 Å². The molecule has 0 radical (unpaired) electrons. The normalized spacial score (nSPS) is 20.8. The van der Waals surface area contributed by atoms with Crippen LogP contribution in [-0.2, 0) is 21.2 Å². The molecule has 4 rings (SSSR count). The highest BCUT2D eigenvalue weighted by molar-refractivity contribution is 7.92. The number of hydrogen-bond donors (Lipinski definition) is 3. The first-order valence-electron chi connectivity index (χ1n) is 14.5. The topological polar surface area (TPSA) is 128 Å². The van der Waals surface area contributed by atoms with Crippen LogP contribution in [0, 0.1) is 5.92 Å². The van der Waals surface area contributed by atoms with E-state index in [0.29, 0.717) is 22.9 Å². The third kappa shape index (κ3) is 8.08. The van der Waals surface area contributed by atoms with E-state index in [4.69, 9.17) is 16.3 Å². The van der Waals surface area contributed by atoms with E-state index in [-0.39, 0.29) is 54.1 Å². The summed E-state index contributed by atoms with van der Waals surface area (Å²) in [6.45, 7) is 4.13. The lowest BCUT2D eigenvalue weighted by atomic mass is 9.96. The van der Waals surface area contributed by atoms with Crippen LogP contribution in [0.1, 0.15) is 51.5 Å². The summed E-state index contributed by atoms with van der Waals surface area (Å²) in [6, 6.07) is 10.2. The monoisotopic (exact) mass is 620 g/mol. The van der Waals surface area contributed by atoms with E-state index in [9.17, 15) is 23.1 Å². The molecule has 2 aliphatic rings. The minimum atomic E-state index is -3.91. The molecule has 1 fully saturated rings. The van der Waals surface area contributed by atoms with Crippen LogP contribution in [0.5, 0.6) is 5.75 Å². The van der Waals surface area contributed by atoms with Gasteiger partial charge in [-0.05, 0) is 62.2 Å². The van der Waals surface area contributed by atoms with Crippen molar-refractivity contribution in [3.05, 3.63) is 53.1 Å². The Hall–Kier alpha value is -3.02. The Morgan fingerprint density at radius 1 is 1.17 bits per heavy atom. The fraction of sp³-hybridized carbons (Fsp3) is 0.533. The van der Waals surface area contributed by atoms with Crippen LogP contribution in [0.3, 0.4) is 0 Å². The molecule has 1 heterocycles. The quantitative estimate of drug-likeness (QED) is 0.405. The molecule has 0 aromatic heterocycles. The third-order valence-electron chi connectivity index (χ3n) is 8.03. The van der Waals surface area contributed by atoms with Gasteiger partial charge in [-0.15, -0.1) is 0 Å². The summed E-state index contributed by atoms with van der Waals surface area (Å²) >= 11 is 5.91. The summed E-state index contributed by atoms with van der Waals surface area (Å²) in [6.07, 6.45) is 4.85. The van der Waals surface area contributed by atoms with Gasteiger partial charge in [0.2, 0.25) is 5.91 Å². The molecule has 3 amide bonds. The Balaban J connectivity index is 1.59. The van der Waals surface area contributed by atoms with Gasteiger partial charge in [0.05, 0.1) is 30.5 Å². The average molecular weight is 621 g/mol. The van der Waals surface area contributed by atoms with Gasteiger partial charge in [-0.3, -0.25) is 9.52 Å². The number of nitrogens with zero attached hydrogens (tertiary/aromatic N) is 2. The fourth-order valence-corrected chi connectivity index (χ4v) is 6.60. The Bertz CT molecular complexity index is 1350. The molecule has 0 saturated heterocycles. The lowest BCUT2D eigenvalue weighted by Crippen LogP contribution is -2.50. The number of fused-ring (bicyclic) bond motifs is 1. The van der Waals surface area contributed by atoms with Crippen molar-refractivity contribution in [2.24, 2.45) is 5.92 Å². The molecule has 1 saturated carbocycles. The number of likely N-dealkylation sites (N-methyl/N-ethyl adjacent to an activating group) is 1. The van der Waals surface area contributed by atoms with Gasteiger partial charge >= 0.3 is 6.03 Å². The van der Waals surface area contributed by atoms with Crippen molar-refractivity contribution >= 4 is 39.2 Å². The highest BCUT2D eigenvalue weighted by Crippen LogP contribution is 2.30. The number of anilines is 1. The second-order valence-corrected chi connectivity index (χ2v) is 13.6. The molecule has 12 heteroatoms. The second kappa shape index (κ2) is 14.0. The van der Waals surface area contributed by atoms with Gasteiger partial charge in [-0.25, -0.2) is 13.2 Å². The van der Waals surface area contributed by atoms with Crippen molar-refractivity contribution in [1.82, 2.24) is 15.1 Å². The molecule has 10 nitrogen and oxygen atoms in total. The minimum Gasteiger partial charge on any atom is -0.488 e. The molecule has 2 aromatic carbocycles. The maximum absolute atomic E-state index is 13.5. The van der Waals surface area contributed by atoms with Gasteiger partial charge in [0.15, 0.2) is 0 Å². The fourth-order valence-electron chi connectivity index (χ4n) is 5.42. The predicted octanol–water partition coefficient (Wildman–Crippen LogP) is 4.26. The Morgan fingerprint density at radius 2 is 1.86 bits per heavy atom. The first-order valence-corrected chi connectivity index (χ1v) is 16.3. The largest absolute Gasteiger partial charge is 0.488 e. The van der Waals surface area contributed by atoms with Crippen LogP contribution in [-0.4, -0.2) is 80.2 Å². The van der Waals surface area contributed by atoms with Crippen molar-refractivity contribution in [2.75, 3.05) is 31.5 Å². The van der Waals surface area contributed by atoms with Crippen LogP contribution in [0.4, 0.5) is 10.5 Å². The molecule has 0 unspecified atom stereocenters. The number of halogens is 1. The first kappa shape index (κ1) is 31.9. The van der Waals surface area contributed by atoms with Gasteiger partial charge in [0, 0.05) is 41.8 Å². The van der Waals surface area contributed by atoms with Crippen molar-refractivity contribution in [1.29, 1.82) is 0 Å². The van der Waals surface area contributed by atoms with Crippen LogP contribution in [0.2, 0.25) is 5.02 Å². The third-order valence-corrected chi connectivity index (χ3v) is 9.68. The molecule has 1 aliphatic carbocycles. The number of benzene rings is 2. The smallest absolute Gasteiger partial charge is 0.317 e. The molecule has 42 heavy (non-hydrogen) atoms. The summed E-state index contributed by atoms with van der Waals surface area (Å²) in [4.78, 5) is 29.8. The van der Waals surface area contributed by atoms with Gasteiger partial charge in [-0.1, -0.05) is 37.8 Å². The van der Waals surface area contributed by atoms with E-state index in [2.05, 4.69) is 10.0 Å². The number of carbonyl (C=O) groups excluding carboxylic acids is 2. The standard InChI is InChI=1S/C30H41ClN4O6S/c1-20-17-35(21(2)19-36)29(37)16-22-15-25(33-42(39,40)26-12-9-23(31)10-13-26)11-14-27(22)41-28(20)18-34(3)30(38)32-24-7-5-4-6-8-24/h9-15,20-21,24,28,33,36H,4-8,16-19H2,1-3H3,(H,32,38)/t20-,21+,28+/m1/s1. The number of aliphatic hydroxyl groups excluding tert-OH is 1. The number of nitrogens with one attached hydrogen (secondary N) is 2. The first-order chi connectivity index (χ1) is 20.0. The minimum absolute atomic E-state index is 0.0480. The van der Waals surface area contributed by atoms with Crippen LogP contribution in [0.15, 0.2) is 47.4 Å². The van der Waals surface area contributed by atoms with E-state index in [1.807, 2.05) is 6.92 Å². The number of urea groups is 1. The van der Waals surface area contributed by atoms with Crippen LogP contribution < -0.4 is 14.8 Å². The highest BCUT2D eigenvalue weighted by atomic mass is 35.5. The maximum atomic E-state index is 13.5. The van der Waals surface area contributed by atoms with Crippen LogP contribution >= 0.6 is 11.6 Å². The molecule has 3 atom stereocenters. The Kier molecular flexibility index (Phi) is 10.6. The number of aliphatic hydroxyl groups is 1. The lowest BCUT2D eigenvalue weighted by molar-refractivity contribution is -0.134. The zero-order valence-corrected chi connectivity index (χ0v) is 26.0. The van der Waals surface area contributed by atoms with Gasteiger partial charge in [0.1, 0.15) is 11.9 Å². The SMILES string of the molecule is C[C@@H]1CN([C@@H](C)CO)C(=O)Cc2cc(NS(=O)(=O)c3ccc(Cl)cc3)ccc2O[C@H]1CN(C)C(=O)NC1CCCCC1. The van der Waals surface area contributed by atoms with Crippen molar-refractivity contribution in [3.63, 3.8) is 0 Å².